The average Bonchev–Trinajstić information content (AvgIpc) is 2.50. The summed E-state index contributed by atoms with van der Waals surface area (Å²) < 4.78 is 17.2. The number of aliphatic hydroxyl groups is 1. The second-order valence-corrected chi connectivity index (χ2v) is 13.3. The van der Waals surface area contributed by atoms with Crippen molar-refractivity contribution in [3.63, 3.8) is 0 Å². The fourth-order valence-corrected chi connectivity index (χ4v) is 3.37. The first-order chi connectivity index (χ1) is 10.9. The van der Waals surface area contributed by atoms with Gasteiger partial charge in [0.2, 0.25) is 0 Å². The number of ether oxygens (including phenoxy) is 2. The number of benzene rings is 1. The van der Waals surface area contributed by atoms with Gasteiger partial charge in [0.1, 0.15) is 11.5 Å². The third-order valence-electron chi connectivity index (χ3n) is 5.09. The number of hydrogen-bond donors (Lipinski definition) is 1. The van der Waals surface area contributed by atoms with Gasteiger partial charge in [0.15, 0.2) is 8.32 Å². The smallest absolute Gasteiger partial charge is 0.192 e. The van der Waals surface area contributed by atoms with Crippen molar-refractivity contribution in [1.82, 2.24) is 0 Å². The fraction of sp³-hybridized carbons (Fsp3) is 0.684. The highest BCUT2D eigenvalue weighted by Gasteiger charge is 2.41. The lowest BCUT2D eigenvalue weighted by atomic mass is 9.83. The van der Waals surface area contributed by atoms with Crippen LogP contribution in [0.2, 0.25) is 18.1 Å². The van der Waals surface area contributed by atoms with Crippen LogP contribution in [0.25, 0.3) is 0 Å². The number of rotatable bonds is 7. The van der Waals surface area contributed by atoms with Gasteiger partial charge in [0, 0.05) is 12.0 Å². The highest BCUT2D eigenvalue weighted by atomic mass is 28.4. The molecule has 1 atom stereocenters. The molecule has 0 bridgehead atoms. The van der Waals surface area contributed by atoms with Crippen LogP contribution >= 0.6 is 0 Å². The molecule has 0 aliphatic carbocycles. The van der Waals surface area contributed by atoms with E-state index < -0.39 is 19.8 Å². The SMILES string of the molecule is COc1cccc(OC)c1C(O)C(C)(C)CO[Si](C)(C)C(C)(C)C. The lowest BCUT2D eigenvalue weighted by Gasteiger charge is -2.40. The Morgan fingerprint density at radius 3 is 1.83 bits per heavy atom. The molecule has 4 nitrogen and oxygen atoms in total. The maximum atomic E-state index is 11.0. The van der Waals surface area contributed by atoms with Crippen molar-refractivity contribution in [2.45, 2.75) is 58.9 Å². The van der Waals surface area contributed by atoms with Crippen molar-refractivity contribution in [3.05, 3.63) is 23.8 Å². The first kappa shape index (κ1) is 21.0. The zero-order valence-corrected chi connectivity index (χ0v) is 17.7. The third-order valence-corrected chi connectivity index (χ3v) is 9.57. The maximum absolute atomic E-state index is 11.0. The van der Waals surface area contributed by atoms with Gasteiger partial charge in [-0.15, -0.1) is 0 Å². The van der Waals surface area contributed by atoms with Crippen LogP contribution in [-0.2, 0) is 4.43 Å². The van der Waals surface area contributed by atoms with Crippen LogP contribution in [-0.4, -0.2) is 34.3 Å². The van der Waals surface area contributed by atoms with Gasteiger partial charge in [-0.05, 0) is 30.3 Å². The van der Waals surface area contributed by atoms with Gasteiger partial charge in [-0.2, -0.15) is 0 Å². The van der Waals surface area contributed by atoms with E-state index in [2.05, 4.69) is 33.9 Å². The Morgan fingerprint density at radius 1 is 1.00 bits per heavy atom. The van der Waals surface area contributed by atoms with Gasteiger partial charge in [0.05, 0.1) is 25.9 Å². The van der Waals surface area contributed by atoms with E-state index in [1.807, 2.05) is 32.0 Å². The van der Waals surface area contributed by atoms with E-state index in [-0.39, 0.29) is 5.04 Å². The van der Waals surface area contributed by atoms with Gasteiger partial charge < -0.3 is 19.0 Å². The van der Waals surface area contributed by atoms with Crippen molar-refractivity contribution in [2.75, 3.05) is 20.8 Å². The summed E-state index contributed by atoms with van der Waals surface area (Å²) in [5, 5.41) is 11.2. The highest BCUT2D eigenvalue weighted by Crippen LogP contribution is 2.44. The topological polar surface area (TPSA) is 47.9 Å². The van der Waals surface area contributed by atoms with Crippen LogP contribution < -0.4 is 9.47 Å². The van der Waals surface area contributed by atoms with E-state index >= 15 is 0 Å². The molecule has 1 aromatic rings. The summed E-state index contributed by atoms with van der Waals surface area (Å²) in [6.45, 7) is 15.6. The molecule has 0 aliphatic rings. The summed E-state index contributed by atoms with van der Waals surface area (Å²) >= 11 is 0. The molecule has 0 amide bonds. The Labute approximate surface area is 148 Å². The molecule has 0 radical (unpaired) electrons. The quantitative estimate of drug-likeness (QED) is 0.716. The van der Waals surface area contributed by atoms with Gasteiger partial charge in [-0.25, -0.2) is 0 Å². The average molecular weight is 355 g/mol. The van der Waals surface area contributed by atoms with E-state index in [4.69, 9.17) is 13.9 Å². The molecule has 0 aromatic heterocycles. The minimum atomic E-state index is -1.88. The summed E-state index contributed by atoms with van der Waals surface area (Å²) in [7, 11) is 1.32. The summed E-state index contributed by atoms with van der Waals surface area (Å²) in [5.74, 6) is 1.25. The predicted octanol–water partition coefficient (Wildman–Crippen LogP) is 4.79. The van der Waals surface area contributed by atoms with Crippen molar-refractivity contribution >= 4 is 8.32 Å². The monoisotopic (exact) mass is 354 g/mol. The van der Waals surface area contributed by atoms with Crippen LogP contribution in [0.4, 0.5) is 0 Å². The molecule has 5 heteroatoms. The molecular weight excluding hydrogens is 320 g/mol. The summed E-state index contributed by atoms with van der Waals surface area (Å²) in [5.41, 5.74) is 0.198. The Kier molecular flexibility index (Phi) is 6.53. The standard InChI is InChI=1S/C19H34O4Si/c1-18(2,3)24(8,9)23-13-19(4,5)17(20)16-14(21-6)11-10-12-15(16)22-7/h10-12,17,20H,13H2,1-9H3. The summed E-state index contributed by atoms with van der Waals surface area (Å²) in [6.07, 6.45) is -0.756. The molecule has 0 heterocycles. The van der Waals surface area contributed by atoms with Gasteiger partial charge in [-0.1, -0.05) is 40.7 Å². The van der Waals surface area contributed by atoms with Crippen LogP contribution in [0.1, 0.15) is 46.3 Å². The molecular formula is C19H34O4Si. The molecule has 0 spiro atoms. The maximum Gasteiger partial charge on any atom is 0.192 e. The number of hydrogen-bond acceptors (Lipinski definition) is 4. The van der Waals surface area contributed by atoms with E-state index in [1.165, 1.54) is 0 Å². The minimum Gasteiger partial charge on any atom is -0.496 e. The molecule has 1 aromatic carbocycles. The fourth-order valence-electron chi connectivity index (χ4n) is 2.20. The Hall–Kier alpha value is -1.04. The summed E-state index contributed by atoms with van der Waals surface area (Å²) in [6, 6.07) is 5.53. The van der Waals surface area contributed by atoms with Crippen molar-refractivity contribution < 1.29 is 19.0 Å². The van der Waals surface area contributed by atoms with Crippen molar-refractivity contribution in [3.8, 4) is 11.5 Å². The molecule has 1 unspecified atom stereocenters. The predicted molar refractivity (Wildman–Crippen MR) is 101 cm³/mol. The normalized spacial score (nSPS) is 14.4. The molecule has 24 heavy (non-hydrogen) atoms. The van der Waals surface area contributed by atoms with Crippen molar-refractivity contribution in [1.29, 1.82) is 0 Å². The van der Waals surface area contributed by atoms with Crippen molar-refractivity contribution in [2.24, 2.45) is 5.41 Å². The number of methoxy groups -OCH3 is 2. The lowest BCUT2D eigenvalue weighted by molar-refractivity contribution is 0.00738. The van der Waals surface area contributed by atoms with Gasteiger partial charge in [0.25, 0.3) is 0 Å². The third kappa shape index (κ3) is 4.52. The number of aliphatic hydroxyl groups excluding tert-OH is 1. The van der Waals surface area contributed by atoms with Gasteiger partial charge in [-0.3, -0.25) is 0 Å². The van der Waals surface area contributed by atoms with Crippen LogP contribution in [0.15, 0.2) is 18.2 Å². The minimum absolute atomic E-state index is 0.135. The molecule has 1 N–H and O–H groups in total. The molecule has 1 rings (SSSR count). The zero-order valence-electron chi connectivity index (χ0n) is 16.7. The first-order valence-corrected chi connectivity index (χ1v) is 11.3. The van der Waals surface area contributed by atoms with Gasteiger partial charge >= 0.3 is 0 Å². The van der Waals surface area contributed by atoms with Crippen LogP contribution in [0, 0.1) is 5.41 Å². The van der Waals surface area contributed by atoms with E-state index in [9.17, 15) is 5.11 Å². The zero-order chi connectivity index (χ0) is 18.8. The second-order valence-electron chi connectivity index (χ2n) is 8.52. The Bertz CT molecular complexity index is 525. The molecule has 0 saturated heterocycles. The Balaban J connectivity index is 3.07. The van der Waals surface area contributed by atoms with E-state index in [0.717, 1.165) is 0 Å². The van der Waals surface area contributed by atoms with E-state index in [1.54, 1.807) is 14.2 Å². The highest BCUT2D eigenvalue weighted by molar-refractivity contribution is 6.74. The Morgan fingerprint density at radius 2 is 1.46 bits per heavy atom. The van der Waals surface area contributed by atoms with Crippen LogP contribution in [0.3, 0.4) is 0 Å². The first-order valence-electron chi connectivity index (χ1n) is 8.40. The van der Waals surface area contributed by atoms with Crippen LogP contribution in [0.5, 0.6) is 11.5 Å². The molecule has 0 fully saturated rings. The molecule has 138 valence electrons. The molecule has 0 aliphatic heterocycles. The summed E-state index contributed by atoms with van der Waals surface area (Å²) in [4.78, 5) is 0. The largest absolute Gasteiger partial charge is 0.496 e. The van der Waals surface area contributed by atoms with E-state index in [0.29, 0.717) is 23.7 Å². The lowest BCUT2D eigenvalue weighted by Crippen LogP contribution is -2.44. The second kappa shape index (κ2) is 7.46. The molecule has 0 saturated carbocycles.